The first kappa shape index (κ1) is 20.9. The molecule has 0 unspecified atom stereocenters. The Labute approximate surface area is 165 Å². The fourth-order valence-corrected chi connectivity index (χ4v) is 3.01. The lowest BCUT2D eigenvalue weighted by atomic mass is 10.1. The molecular formula is C18H13F6N3OS. The van der Waals surface area contributed by atoms with Crippen molar-refractivity contribution in [2.75, 3.05) is 0 Å². The van der Waals surface area contributed by atoms with Crippen LogP contribution in [0.5, 0.6) is 5.75 Å². The zero-order valence-electron chi connectivity index (χ0n) is 14.5. The highest BCUT2D eigenvalue weighted by molar-refractivity contribution is 7.71. The summed E-state index contributed by atoms with van der Waals surface area (Å²) in [6.07, 6.45) is -9.36. The maximum Gasteiger partial charge on any atom is 0.416 e. The molecular weight excluding hydrogens is 420 g/mol. The number of H-pyrrole nitrogens is 1. The Balaban J connectivity index is 2.03. The average molecular weight is 433 g/mol. The zero-order chi connectivity index (χ0) is 21.4. The molecule has 0 spiro atoms. The van der Waals surface area contributed by atoms with Crippen LogP contribution >= 0.6 is 12.2 Å². The quantitative estimate of drug-likeness (QED) is 0.425. The number of rotatable bonds is 4. The molecule has 2 aromatic carbocycles. The Morgan fingerprint density at radius 1 is 0.897 bits per heavy atom. The number of hydrogen-bond acceptors (Lipinski definition) is 3. The van der Waals surface area contributed by atoms with Gasteiger partial charge in [-0.1, -0.05) is 12.1 Å². The minimum absolute atomic E-state index is 0.0588. The predicted molar refractivity (Wildman–Crippen MR) is 94.3 cm³/mol. The number of aromatic amines is 1. The summed E-state index contributed by atoms with van der Waals surface area (Å²) in [6, 6.07) is 7.49. The third kappa shape index (κ3) is 4.78. The van der Waals surface area contributed by atoms with Crippen LogP contribution in [0.15, 0.2) is 42.5 Å². The Bertz CT molecular complexity index is 1030. The maximum absolute atomic E-state index is 13.1. The van der Waals surface area contributed by atoms with E-state index in [9.17, 15) is 31.4 Å². The molecule has 1 heterocycles. The van der Waals surface area contributed by atoms with E-state index in [0.29, 0.717) is 18.6 Å². The van der Waals surface area contributed by atoms with Gasteiger partial charge >= 0.3 is 12.4 Å². The van der Waals surface area contributed by atoms with E-state index in [0.717, 1.165) is 10.1 Å². The fraction of sp³-hybridized carbons (Fsp3) is 0.222. The normalized spacial score (nSPS) is 12.3. The van der Waals surface area contributed by atoms with Gasteiger partial charge in [0.2, 0.25) is 0 Å². The standard InChI is InChI=1S/C18H13F6N3OS/c19-17(20,21)11-7-12(18(22,23)24)9-13(8-11)27-15(25-26-16(27)29)6-3-10-1-4-14(28)5-2-10/h1-2,4-5,7-9,28H,3,6H2,(H,26,29). The predicted octanol–water partition coefficient (Wildman–Crippen LogP) is 5.46. The summed E-state index contributed by atoms with van der Waals surface area (Å²) in [5.41, 5.74) is -2.46. The lowest BCUT2D eigenvalue weighted by Gasteiger charge is -2.15. The third-order valence-corrected chi connectivity index (χ3v) is 4.42. The van der Waals surface area contributed by atoms with Gasteiger partial charge in [-0.3, -0.25) is 9.67 Å². The summed E-state index contributed by atoms with van der Waals surface area (Å²) in [4.78, 5) is 0. The average Bonchev–Trinajstić information content (AvgIpc) is 3.00. The minimum atomic E-state index is -4.96. The first-order valence-electron chi connectivity index (χ1n) is 8.19. The lowest BCUT2D eigenvalue weighted by molar-refractivity contribution is -0.143. The molecule has 0 saturated carbocycles. The Morgan fingerprint density at radius 2 is 1.45 bits per heavy atom. The number of aromatic hydroxyl groups is 1. The number of benzene rings is 2. The number of alkyl halides is 6. The van der Waals surface area contributed by atoms with Crippen LogP contribution in [0.2, 0.25) is 0 Å². The van der Waals surface area contributed by atoms with Gasteiger partial charge in [0.05, 0.1) is 16.8 Å². The molecule has 2 N–H and O–H groups in total. The highest BCUT2D eigenvalue weighted by Crippen LogP contribution is 2.37. The van der Waals surface area contributed by atoms with Gasteiger partial charge in [-0.2, -0.15) is 31.4 Å². The summed E-state index contributed by atoms with van der Waals surface area (Å²) < 4.78 is 79.7. The van der Waals surface area contributed by atoms with Crippen LogP contribution in [-0.2, 0) is 25.2 Å². The smallest absolute Gasteiger partial charge is 0.416 e. The summed E-state index contributed by atoms with van der Waals surface area (Å²) in [5.74, 6) is 0.246. The number of aryl methyl sites for hydroxylation is 2. The third-order valence-electron chi connectivity index (χ3n) is 4.15. The van der Waals surface area contributed by atoms with Gasteiger partial charge in [0.15, 0.2) is 4.77 Å². The fourth-order valence-electron chi connectivity index (χ4n) is 2.75. The van der Waals surface area contributed by atoms with Crippen molar-refractivity contribution in [3.63, 3.8) is 0 Å². The highest BCUT2D eigenvalue weighted by atomic mass is 32.1. The van der Waals surface area contributed by atoms with Crippen molar-refractivity contribution in [2.24, 2.45) is 0 Å². The molecule has 154 valence electrons. The van der Waals surface area contributed by atoms with E-state index in [1.807, 2.05) is 0 Å². The molecule has 0 aliphatic heterocycles. The molecule has 0 atom stereocenters. The molecule has 11 heteroatoms. The van der Waals surface area contributed by atoms with Crippen molar-refractivity contribution >= 4 is 12.2 Å². The zero-order valence-corrected chi connectivity index (χ0v) is 15.3. The van der Waals surface area contributed by atoms with Gasteiger partial charge in [-0.05, 0) is 54.5 Å². The van der Waals surface area contributed by atoms with Crippen LogP contribution in [0.1, 0.15) is 22.5 Å². The lowest BCUT2D eigenvalue weighted by Crippen LogP contribution is -2.13. The van der Waals surface area contributed by atoms with Crippen LogP contribution in [0, 0.1) is 4.77 Å². The summed E-state index contributed by atoms with van der Waals surface area (Å²) in [7, 11) is 0. The number of nitrogens with zero attached hydrogens (tertiary/aromatic N) is 2. The van der Waals surface area contributed by atoms with Crippen molar-refractivity contribution in [2.45, 2.75) is 25.2 Å². The number of nitrogens with one attached hydrogen (secondary N) is 1. The summed E-state index contributed by atoms with van der Waals surface area (Å²) in [6.45, 7) is 0. The van der Waals surface area contributed by atoms with Crippen LogP contribution in [0.4, 0.5) is 26.3 Å². The van der Waals surface area contributed by atoms with E-state index in [1.54, 1.807) is 12.1 Å². The molecule has 0 saturated heterocycles. The van der Waals surface area contributed by atoms with Crippen molar-refractivity contribution in [3.8, 4) is 11.4 Å². The SMILES string of the molecule is Oc1ccc(CCc2n[nH]c(=S)n2-c2cc(C(F)(F)F)cc(C(F)(F)F)c2)cc1. The molecule has 4 nitrogen and oxygen atoms in total. The van der Waals surface area contributed by atoms with E-state index >= 15 is 0 Å². The van der Waals surface area contributed by atoms with Crippen molar-refractivity contribution in [3.05, 3.63) is 69.8 Å². The molecule has 0 aliphatic rings. The molecule has 0 radical (unpaired) electrons. The second kappa shape index (κ2) is 7.54. The molecule has 0 amide bonds. The van der Waals surface area contributed by atoms with Gasteiger partial charge in [0.1, 0.15) is 11.6 Å². The summed E-state index contributed by atoms with van der Waals surface area (Å²) in [5, 5.41) is 15.7. The van der Waals surface area contributed by atoms with E-state index in [-0.39, 0.29) is 34.5 Å². The molecule has 0 fully saturated rings. The van der Waals surface area contributed by atoms with Crippen molar-refractivity contribution in [1.82, 2.24) is 14.8 Å². The van der Waals surface area contributed by atoms with E-state index < -0.39 is 23.5 Å². The number of hydrogen-bond donors (Lipinski definition) is 2. The largest absolute Gasteiger partial charge is 0.508 e. The first-order chi connectivity index (χ1) is 13.4. The van der Waals surface area contributed by atoms with E-state index in [2.05, 4.69) is 10.2 Å². The summed E-state index contributed by atoms with van der Waals surface area (Å²) >= 11 is 5.03. The van der Waals surface area contributed by atoms with Crippen LogP contribution in [-0.4, -0.2) is 19.9 Å². The maximum atomic E-state index is 13.1. The monoisotopic (exact) mass is 433 g/mol. The molecule has 0 aliphatic carbocycles. The molecule has 3 rings (SSSR count). The minimum Gasteiger partial charge on any atom is -0.508 e. The Kier molecular flexibility index (Phi) is 5.44. The molecule has 29 heavy (non-hydrogen) atoms. The van der Waals surface area contributed by atoms with Crippen molar-refractivity contribution < 1.29 is 31.4 Å². The Morgan fingerprint density at radius 3 is 1.97 bits per heavy atom. The number of phenols is 1. The molecule has 0 bridgehead atoms. The van der Waals surface area contributed by atoms with Gasteiger partial charge in [0, 0.05) is 6.42 Å². The second-order valence-electron chi connectivity index (χ2n) is 6.21. The molecule has 1 aromatic heterocycles. The van der Waals surface area contributed by atoms with Crippen LogP contribution in [0.25, 0.3) is 5.69 Å². The van der Waals surface area contributed by atoms with Crippen LogP contribution < -0.4 is 0 Å². The first-order valence-corrected chi connectivity index (χ1v) is 8.60. The number of phenolic OH excluding ortho intramolecular Hbond substituents is 1. The molecule has 3 aromatic rings. The van der Waals surface area contributed by atoms with Crippen LogP contribution in [0.3, 0.4) is 0 Å². The second-order valence-corrected chi connectivity index (χ2v) is 6.60. The van der Waals surface area contributed by atoms with Gasteiger partial charge in [-0.25, -0.2) is 0 Å². The topological polar surface area (TPSA) is 53.8 Å². The van der Waals surface area contributed by atoms with E-state index in [1.165, 1.54) is 12.1 Å². The Hall–Kier alpha value is -2.82. The number of halogens is 6. The number of aromatic nitrogens is 3. The van der Waals surface area contributed by atoms with Crippen molar-refractivity contribution in [1.29, 1.82) is 0 Å². The van der Waals surface area contributed by atoms with Gasteiger partial charge in [0.25, 0.3) is 0 Å². The highest BCUT2D eigenvalue weighted by Gasteiger charge is 2.37. The van der Waals surface area contributed by atoms with Gasteiger partial charge in [-0.15, -0.1) is 0 Å². The van der Waals surface area contributed by atoms with Gasteiger partial charge < -0.3 is 5.11 Å². The van der Waals surface area contributed by atoms with E-state index in [4.69, 9.17) is 12.2 Å².